The minimum Gasteiger partial charge on any atom is -0.353 e. The molecule has 0 spiro atoms. The minimum absolute atomic E-state index is 0. The Hall–Kier alpha value is 0.0700. The molecule has 19 heavy (non-hydrogen) atoms. The van der Waals surface area contributed by atoms with Gasteiger partial charge in [-0.05, 0) is 55.9 Å². The maximum absolute atomic E-state index is 12.3. The number of nitrogens with two attached hydrogens (primary N) is 1. The maximum atomic E-state index is 12.3. The second kappa shape index (κ2) is 7.75. The van der Waals surface area contributed by atoms with Crippen molar-refractivity contribution >= 4 is 30.1 Å². The first kappa shape index (κ1) is 17.1. The topological polar surface area (TPSA) is 55.1 Å². The van der Waals surface area contributed by atoms with Crippen LogP contribution in [-0.2, 0) is 4.79 Å². The molecular formula is C14H27ClN2OS. The van der Waals surface area contributed by atoms with E-state index in [0.717, 1.165) is 17.9 Å². The van der Waals surface area contributed by atoms with Gasteiger partial charge < -0.3 is 11.1 Å². The summed E-state index contributed by atoms with van der Waals surface area (Å²) in [6.45, 7) is 4.27. The summed E-state index contributed by atoms with van der Waals surface area (Å²) in [5.74, 6) is 3.74. The Balaban J connectivity index is 0.00000180. The van der Waals surface area contributed by atoms with Gasteiger partial charge in [-0.25, -0.2) is 0 Å². The van der Waals surface area contributed by atoms with E-state index in [-0.39, 0.29) is 36.3 Å². The van der Waals surface area contributed by atoms with E-state index in [9.17, 15) is 4.79 Å². The van der Waals surface area contributed by atoms with Gasteiger partial charge >= 0.3 is 0 Å². The molecule has 0 aromatic rings. The van der Waals surface area contributed by atoms with Gasteiger partial charge in [0.05, 0.1) is 5.92 Å². The molecule has 112 valence electrons. The second-order valence-electron chi connectivity index (χ2n) is 5.83. The number of hydrogen-bond acceptors (Lipinski definition) is 3. The number of thioether (sulfide) groups is 1. The van der Waals surface area contributed by atoms with Gasteiger partial charge in [0.2, 0.25) is 5.91 Å². The molecule has 2 rings (SSSR count). The molecular weight excluding hydrogens is 280 g/mol. The number of nitrogens with one attached hydrogen (secondary N) is 1. The summed E-state index contributed by atoms with van der Waals surface area (Å²) in [6.07, 6.45) is 4.68. The lowest BCUT2D eigenvalue weighted by Crippen LogP contribution is -2.47. The number of amides is 1. The summed E-state index contributed by atoms with van der Waals surface area (Å²) in [4.78, 5) is 12.3. The lowest BCUT2D eigenvalue weighted by Gasteiger charge is -2.28. The van der Waals surface area contributed by atoms with E-state index in [1.54, 1.807) is 0 Å². The van der Waals surface area contributed by atoms with Crippen molar-refractivity contribution in [3.63, 3.8) is 0 Å². The Morgan fingerprint density at radius 1 is 1.42 bits per heavy atom. The van der Waals surface area contributed by atoms with Gasteiger partial charge in [0, 0.05) is 12.1 Å². The van der Waals surface area contributed by atoms with Gasteiger partial charge in [-0.1, -0.05) is 6.92 Å². The molecule has 2 aliphatic carbocycles. The highest BCUT2D eigenvalue weighted by Crippen LogP contribution is 2.47. The minimum atomic E-state index is 0. The van der Waals surface area contributed by atoms with Crippen molar-refractivity contribution in [3.8, 4) is 0 Å². The van der Waals surface area contributed by atoms with Gasteiger partial charge in [-0.15, -0.1) is 12.4 Å². The van der Waals surface area contributed by atoms with Crippen LogP contribution in [0.15, 0.2) is 0 Å². The molecule has 0 saturated heterocycles. The zero-order valence-electron chi connectivity index (χ0n) is 11.9. The molecule has 0 radical (unpaired) electrons. The predicted octanol–water partition coefficient (Wildman–Crippen LogP) is 2.43. The average molecular weight is 307 g/mol. The lowest BCUT2D eigenvalue weighted by molar-refractivity contribution is -0.127. The highest BCUT2D eigenvalue weighted by Gasteiger charge is 2.49. The standard InChI is InChI=1S/C14H26N2OS.ClH/c1-3-18-7-6-9(2)16-14(17)12-10-4-5-11(8-10)13(12)15;/h9-13H,3-8,15H2,1-2H3,(H,16,17);1H. The number of hydrogen-bond donors (Lipinski definition) is 2. The zero-order valence-corrected chi connectivity index (χ0v) is 13.6. The molecule has 3 N–H and O–H groups in total. The van der Waals surface area contributed by atoms with Crippen molar-refractivity contribution in [2.24, 2.45) is 23.5 Å². The van der Waals surface area contributed by atoms with Crippen LogP contribution >= 0.6 is 24.2 Å². The highest BCUT2D eigenvalue weighted by molar-refractivity contribution is 7.99. The third-order valence-corrected chi connectivity index (χ3v) is 5.50. The Bertz CT molecular complexity index is 301. The largest absolute Gasteiger partial charge is 0.353 e. The van der Waals surface area contributed by atoms with Gasteiger partial charge in [0.25, 0.3) is 0 Å². The summed E-state index contributed by atoms with van der Waals surface area (Å²) in [5, 5.41) is 3.16. The molecule has 0 aromatic heterocycles. The molecule has 2 aliphatic rings. The van der Waals surface area contributed by atoms with E-state index in [2.05, 4.69) is 19.2 Å². The second-order valence-corrected chi connectivity index (χ2v) is 7.23. The summed E-state index contributed by atoms with van der Waals surface area (Å²) >= 11 is 1.93. The fourth-order valence-electron chi connectivity index (χ4n) is 3.54. The van der Waals surface area contributed by atoms with Crippen LogP contribution < -0.4 is 11.1 Å². The molecule has 0 aromatic carbocycles. The van der Waals surface area contributed by atoms with E-state index in [1.165, 1.54) is 19.3 Å². The van der Waals surface area contributed by atoms with E-state index in [4.69, 9.17) is 5.73 Å². The number of fused-ring (bicyclic) bond motifs is 2. The van der Waals surface area contributed by atoms with Crippen LogP contribution in [0.25, 0.3) is 0 Å². The van der Waals surface area contributed by atoms with Gasteiger partial charge in [-0.3, -0.25) is 4.79 Å². The number of rotatable bonds is 6. The monoisotopic (exact) mass is 306 g/mol. The summed E-state index contributed by atoms with van der Waals surface area (Å²) in [5.41, 5.74) is 6.20. The molecule has 5 heteroatoms. The SMILES string of the molecule is CCSCCC(C)NC(=O)C1C2CCC(C2)C1N.Cl. The van der Waals surface area contributed by atoms with Crippen molar-refractivity contribution in [1.82, 2.24) is 5.32 Å². The lowest BCUT2D eigenvalue weighted by atomic mass is 9.84. The van der Waals surface area contributed by atoms with Crippen molar-refractivity contribution in [3.05, 3.63) is 0 Å². The molecule has 2 fully saturated rings. The van der Waals surface area contributed by atoms with Crippen LogP contribution in [-0.4, -0.2) is 29.5 Å². The van der Waals surface area contributed by atoms with Crippen LogP contribution in [0.1, 0.15) is 39.5 Å². The normalized spacial score (nSPS) is 33.8. The fraction of sp³-hybridized carbons (Fsp3) is 0.929. The molecule has 3 nitrogen and oxygen atoms in total. The van der Waals surface area contributed by atoms with Crippen molar-refractivity contribution in [1.29, 1.82) is 0 Å². The van der Waals surface area contributed by atoms with Gasteiger partial charge in [0.15, 0.2) is 0 Å². The number of carbonyl (C=O) groups is 1. The molecule has 1 amide bonds. The molecule has 0 heterocycles. The molecule has 5 unspecified atom stereocenters. The van der Waals surface area contributed by atoms with Gasteiger partial charge in [0.1, 0.15) is 0 Å². The first-order valence-corrected chi connectivity index (χ1v) is 8.42. The van der Waals surface area contributed by atoms with Crippen LogP contribution in [0.2, 0.25) is 0 Å². The Kier molecular flexibility index (Phi) is 6.98. The highest BCUT2D eigenvalue weighted by atomic mass is 35.5. The summed E-state index contributed by atoms with van der Waals surface area (Å²) in [7, 11) is 0. The average Bonchev–Trinajstić information content (AvgIpc) is 2.89. The zero-order chi connectivity index (χ0) is 13.1. The number of carbonyl (C=O) groups excluding carboxylic acids is 1. The Morgan fingerprint density at radius 2 is 2.11 bits per heavy atom. The molecule has 2 saturated carbocycles. The Labute approximate surface area is 127 Å². The first-order valence-electron chi connectivity index (χ1n) is 7.27. The van der Waals surface area contributed by atoms with Crippen LogP contribution in [0.5, 0.6) is 0 Å². The van der Waals surface area contributed by atoms with Crippen LogP contribution in [0.4, 0.5) is 0 Å². The molecule has 0 aliphatic heterocycles. The quantitative estimate of drug-likeness (QED) is 0.741. The number of halogens is 1. The predicted molar refractivity (Wildman–Crippen MR) is 84.8 cm³/mol. The summed E-state index contributed by atoms with van der Waals surface area (Å²) in [6, 6.07) is 0.392. The van der Waals surface area contributed by atoms with E-state index in [1.807, 2.05) is 11.8 Å². The fourth-order valence-corrected chi connectivity index (χ4v) is 4.35. The maximum Gasteiger partial charge on any atom is 0.225 e. The molecule has 2 bridgehead atoms. The smallest absolute Gasteiger partial charge is 0.225 e. The van der Waals surface area contributed by atoms with E-state index >= 15 is 0 Å². The van der Waals surface area contributed by atoms with Gasteiger partial charge in [-0.2, -0.15) is 11.8 Å². The van der Waals surface area contributed by atoms with Crippen LogP contribution in [0.3, 0.4) is 0 Å². The van der Waals surface area contributed by atoms with Crippen molar-refractivity contribution in [2.45, 2.75) is 51.6 Å². The Morgan fingerprint density at radius 3 is 2.68 bits per heavy atom. The summed E-state index contributed by atoms with van der Waals surface area (Å²) < 4.78 is 0. The van der Waals surface area contributed by atoms with E-state index in [0.29, 0.717) is 11.8 Å². The first-order chi connectivity index (χ1) is 8.63. The molecule has 5 atom stereocenters. The third kappa shape index (κ3) is 4.02. The van der Waals surface area contributed by atoms with Crippen molar-refractivity contribution in [2.75, 3.05) is 11.5 Å². The third-order valence-electron chi connectivity index (χ3n) is 4.57. The van der Waals surface area contributed by atoms with Crippen LogP contribution in [0, 0.1) is 17.8 Å². The van der Waals surface area contributed by atoms with E-state index < -0.39 is 0 Å². The van der Waals surface area contributed by atoms with Crippen molar-refractivity contribution < 1.29 is 4.79 Å².